The van der Waals surface area contributed by atoms with Crippen LogP contribution in [-0.4, -0.2) is 19.0 Å². The Kier molecular flexibility index (Phi) is 4.57. The summed E-state index contributed by atoms with van der Waals surface area (Å²) in [5.41, 5.74) is 7.21. The molecule has 3 heteroatoms. The van der Waals surface area contributed by atoms with Crippen LogP contribution in [0.15, 0.2) is 30.3 Å². The van der Waals surface area contributed by atoms with Crippen LogP contribution in [0.1, 0.15) is 12.5 Å². The summed E-state index contributed by atoms with van der Waals surface area (Å²) in [6, 6.07) is 7.32. The van der Waals surface area contributed by atoms with E-state index in [9.17, 15) is 4.79 Å². The maximum absolute atomic E-state index is 11.2. The van der Waals surface area contributed by atoms with Crippen molar-refractivity contribution in [1.29, 1.82) is 0 Å². The fraction of sp³-hybridized carbons (Fsp3) is 0.250. The highest BCUT2D eigenvalue weighted by molar-refractivity contribution is 5.94. The summed E-state index contributed by atoms with van der Waals surface area (Å²) in [7, 11) is 0. The van der Waals surface area contributed by atoms with E-state index in [0.29, 0.717) is 12.3 Å². The van der Waals surface area contributed by atoms with Crippen LogP contribution in [0.4, 0.5) is 5.69 Å². The van der Waals surface area contributed by atoms with E-state index in [0.717, 1.165) is 5.56 Å². The third-order valence-corrected chi connectivity index (χ3v) is 1.85. The molecule has 15 heavy (non-hydrogen) atoms. The Morgan fingerprint density at radius 2 is 2.07 bits per heavy atom. The molecule has 0 atom stereocenters. The van der Waals surface area contributed by atoms with Gasteiger partial charge in [-0.15, -0.1) is 0 Å². The van der Waals surface area contributed by atoms with Crippen LogP contribution >= 0.6 is 0 Å². The molecule has 3 nitrogen and oxygen atoms in total. The van der Waals surface area contributed by atoms with Gasteiger partial charge in [0.05, 0.1) is 0 Å². The first-order chi connectivity index (χ1) is 7.22. The Morgan fingerprint density at radius 1 is 1.40 bits per heavy atom. The van der Waals surface area contributed by atoms with Crippen molar-refractivity contribution >= 4 is 17.5 Å². The lowest BCUT2D eigenvalue weighted by Crippen LogP contribution is -2.04. The Labute approximate surface area is 89.5 Å². The first-order valence-electron chi connectivity index (χ1n) is 4.86. The Balaban J connectivity index is 2.50. The summed E-state index contributed by atoms with van der Waals surface area (Å²) in [5, 5.41) is 0. The van der Waals surface area contributed by atoms with Crippen molar-refractivity contribution in [2.45, 2.75) is 6.92 Å². The van der Waals surface area contributed by atoms with E-state index >= 15 is 0 Å². The molecule has 0 unspecified atom stereocenters. The minimum absolute atomic E-state index is 0.0336. The van der Waals surface area contributed by atoms with Gasteiger partial charge in [0.2, 0.25) is 0 Å². The van der Waals surface area contributed by atoms with Crippen LogP contribution in [0.25, 0.3) is 6.08 Å². The highest BCUT2D eigenvalue weighted by atomic mass is 16.5. The van der Waals surface area contributed by atoms with E-state index in [4.69, 9.17) is 10.5 Å². The van der Waals surface area contributed by atoms with E-state index in [1.165, 1.54) is 6.08 Å². The number of hydrogen-bond acceptors (Lipinski definition) is 3. The average molecular weight is 205 g/mol. The van der Waals surface area contributed by atoms with Crippen molar-refractivity contribution in [3.8, 4) is 0 Å². The van der Waals surface area contributed by atoms with Crippen molar-refractivity contribution < 1.29 is 9.53 Å². The molecule has 0 aliphatic rings. The molecule has 0 bridgehead atoms. The standard InChI is InChI=1S/C12H15NO2/c1-2-15-9-12(14)8-5-10-3-6-11(13)7-4-10/h3-8H,2,9,13H2,1H3/b8-5+. The van der Waals surface area contributed by atoms with Crippen molar-refractivity contribution in [3.63, 3.8) is 0 Å². The van der Waals surface area contributed by atoms with Crippen molar-refractivity contribution in [3.05, 3.63) is 35.9 Å². The lowest BCUT2D eigenvalue weighted by Gasteiger charge is -1.96. The molecule has 0 amide bonds. The lowest BCUT2D eigenvalue weighted by molar-refractivity contribution is -0.118. The molecule has 0 aliphatic heterocycles. The highest BCUT2D eigenvalue weighted by Crippen LogP contribution is 2.06. The minimum Gasteiger partial charge on any atom is -0.399 e. The summed E-state index contributed by atoms with van der Waals surface area (Å²) in [6.07, 6.45) is 3.27. The molecular formula is C12H15NO2. The molecule has 1 rings (SSSR count). The number of rotatable bonds is 5. The maximum atomic E-state index is 11.2. The van der Waals surface area contributed by atoms with E-state index in [1.807, 2.05) is 19.1 Å². The van der Waals surface area contributed by atoms with Gasteiger partial charge in [-0.1, -0.05) is 18.2 Å². The van der Waals surface area contributed by atoms with Crippen molar-refractivity contribution in [1.82, 2.24) is 0 Å². The van der Waals surface area contributed by atoms with Gasteiger partial charge in [0.25, 0.3) is 0 Å². The monoisotopic (exact) mass is 205 g/mol. The fourth-order valence-electron chi connectivity index (χ4n) is 1.05. The first-order valence-corrected chi connectivity index (χ1v) is 4.86. The number of ketones is 1. The third-order valence-electron chi connectivity index (χ3n) is 1.85. The van der Waals surface area contributed by atoms with Gasteiger partial charge in [-0.25, -0.2) is 0 Å². The van der Waals surface area contributed by atoms with Gasteiger partial charge < -0.3 is 10.5 Å². The zero-order valence-electron chi connectivity index (χ0n) is 8.77. The molecule has 2 N–H and O–H groups in total. The molecule has 0 radical (unpaired) electrons. The second-order valence-corrected chi connectivity index (χ2v) is 3.10. The van der Waals surface area contributed by atoms with Crippen LogP contribution < -0.4 is 5.73 Å². The molecule has 1 aromatic carbocycles. The van der Waals surface area contributed by atoms with Gasteiger partial charge in [-0.2, -0.15) is 0 Å². The van der Waals surface area contributed by atoms with E-state index in [-0.39, 0.29) is 12.4 Å². The van der Waals surface area contributed by atoms with Crippen LogP contribution in [0, 0.1) is 0 Å². The van der Waals surface area contributed by atoms with Gasteiger partial charge in [0, 0.05) is 12.3 Å². The van der Waals surface area contributed by atoms with Crippen molar-refractivity contribution in [2.75, 3.05) is 18.9 Å². The molecular weight excluding hydrogens is 190 g/mol. The molecule has 80 valence electrons. The summed E-state index contributed by atoms with van der Waals surface area (Å²) in [4.78, 5) is 11.2. The first kappa shape index (κ1) is 11.5. The number of anilines is 1. The topological polar surface area (TPSA) is 52.3 Å². The van der Waals surface area contributed by atoms with Gasteiger partial charge in [-0.3, -0.25) is 4.79 Å². The number of ether oxygens (including phenoxy) is 1. The minimum atomic E-state index is -0.0336. The SMILES string of the molecule is CCOCC(=O)/C=C/c1ccc(N)cc1. The maximum Gasteiger partial charge on any atom is 0.181 e. The highest BCUT2D eigenvalue weighted by Gasteiger charge is 1.94. The molecule has 0 saturated heterocycles. The molecule has 0 spiro atoms. The summed E-state index contributed by atoms with van der Waals surface area (Å²) < 4.78 is 4.98. The smallest absolute Gasteiger partial charge is 0.181 e. The Bertz CT molecular complexity index is 341. The molecule has 0 aromatic heterocycles. The van der Waals surface area contributed by atoms with Gasteiger partial charge in [0.1, 0.15) is 6.61 Å². The molecule has 1 aromatic rings. The number of nitrogen functional groups attached to an aromatic ring is 1. The largest absolute Gasteiger partial charge is 0.399 e. The van der Waals surface area contributed by atoms with Crippen LogP contribution in [0.5, 0.6) is 0 Å². The molecule has 0 saturated carbocycles. The van der Waals surface area contributed by atoms with Crippen molar-refractivity contribution in [2.24, 2.45) is 0 Å². The van der Waals surface area contributed by atoms with Crippen LogP contribution in [0.2, 0.25) is 0 Å². The van der Waals surface area contributed by atoms with E-state index in [2.05, 4.69) is 0 Å². The van der Waals surface area contributed by atoms with Crippen LogP contribution in [0.3, 0.4) is 0 Å². The third kappa shape index (κ3) is 4.42. The summed E-state index contributed by atoms with van der Waals surface area (Å²) in [5.74, 6) is -0.0336. The fourth-order valence-corrected chi connectivity index (χ4v) is 1.05. The summed E-state index contributed by atoms with van der Waals surface area (Å²) >= 11 is 0. The number of hydrogen-bond donors (Lipinski definition) is 1. The second-order valence-electron chi connectivity index (χ2n) is 3.10. The molecule has 0 heterocycles. The number of nitrogens with two attached hydrogens (primary N) is 1. The lowest BCUT2D eigenvalue weighted by atomic mass is 10.2. The van der Waals surface area contributed by atoms with Gasteiger partial charge in [0.15, 0.2) is 5.78 Å². The molecule has 0 fully saturated rings. The Morgan fingerprint density at radius 3 is 2.67 bits per heavy atom. The molecule has 0 aliphatic carbocycles. The van der Waals surface area contributed by atoms with E-state index in [1.54, 1.807) is 18.2 Å². The quantitative estimate of drug-likeness (QED) is 0.590. The zero-order chi connectivity index (χ0) is 11.1. The normalized spacial score (nSPS) is 10.7. The summed E-state index contributed by atoms with van der Waals surface area (Å²) in [6.45, 7) is 2.56. The number of carbonyl (C=O) groups is 1. The van der Waals surface area contributed by atoms with Gasteiger partial charge in [-0.05, 0) is 30.7 Å². The number of benzene rings is 1. The predicted octanol–water partition coefficient (Wildman–Crippen LogP) is 1.89. The second kappa shape index (κ2) is 5.98. The Hall–Kier alpha value is -1.61. The zero-order valence-corrected chi connectivity index (χ0v) is 8.77. The van der Waals surface area contributed by atoms with E-state index < -0.39 is 0 Å². The number of carbonyl (C=O) groups excluding carboxylic acids is 1. The van der Waals surface area contributed by atoms with Gasteiger partial charge >= 0.3 is 0 Å². The predicted molar refractivity (Wildman–Crippen MR) is 61.4 cm³/mol. The average Bonchev–Trinajstić information content (AvgIpc) is 2.25. The van der Waals surface area contributed by atoms with Crippen LogP contribution in [-0.2, 0) is 9.53 Å².